The summed E-state index contributed by atoms with van der Waals surface area (Å²) >= 11 is 0. The molecule has 1 unspecified atom stereocenters. The second kappa shape index (κ2) is 7.90. The van der Waals surface area contributed by atoms with Gasteiger partial charge in [0.1, 0.15) is 0 Å². The second-order valence-electron chi connectivity index (χ2n) is 5.86. The van der Waals surface area contributed by atoms with Crippen LogP contribution in [0.15, 0.2) is 35.2 Å². The molecule has 1 N–H and O–H groups in total. The summed E-state index contributed by atoms with van der Waals surface area (Å²) in [6, 6.07) is 8.37. The Balaban J connectivity index is 1.92. The van der Waals surface area contributed by atoms with Crippen molar-refractivity contribution >= 4 is 15.9 Å². The number of carbonyl (C=O) groups excluding carboxylic acids is 1. The summed E-state index contributed by atoms with van der Waals surface area (Å²) in [5.41, 5.74) is 0. The number of methoxy groups -OCH3 is 1. The Hall–Kier alpha value is -1.44. The molecule has 1 fully saturated rings. The molecule has 6 nitrogen and oxygen atoms in total. The number of amides is 1. The Morgan fingerprint density at radius 3 is 2.48 bits per heavy atom. The minimum Gasteiger partial charge on any atom is -0.383 e. The zero-order valence-electron chi connectivity index (χ0n) is 13.6. The van der Waals surface area contributed by atoms with Gasteiger partial charge in [-0.15, -0.1) is 0 Å². The van der Waals surface area contributed by atoms with Gasteiger partial charge in [-0.1, -0.05) is 18.2 Å². The molecule has 0 saturated carbocycles. The molecule has 1 heterocycles. The summed E-state index contributed by atoms with van der Waals surface area (Å²) in [6.45, 7) is 3.09. The first-order valence-electron chi connectivity index (χ1n) is 7.79. The highest BCUT2D eigenvalue weighted by atomic mass is 32.2. The van der Waals surface area contributed by atoms with Gasteiger partial charge in [-0.2, -0.15) is 4.31 Å². The molecule has 23 heavy (non-hydrogen) atoms. The van der Waals surface area contributed by atoms with Crippen molar-refractivity contribution in [3.8, 4) is 0 Å². The van der Waals surface area contributed by atoms with Crippen LogP contribution >= 0.6 is 0 Å². The van der Waals surface area contributed by atoms with Gasteiger partial charge in [0.05, 0.1) is 11.5 Å². The van der Waals surface area contributed by atoms with Crippen molar-refractivity contribution in [3.05, 3.63) is 30.3 Å². The molecular weight excluding hydrogens is 316 g/mol. The normalized spacial score (nSPS) is 18.5. The Labute approximate surface area is 137 Å². The monoisotopic (exact) mass is 340 g/mol. The van der Waals surface area contributed by atoms with Crippen molar-refractivity contribution in [2.45, 2.75) is 30.7 Å². The van der Waals surface area contributed by atoms with E-state index in [4.69, 9.17) is 4.74 Å². The molecular formula is C16H24N2O4S. The lowest BCUT2D eigenvalue weighted by molar-refractivity contribution is -0.127. The van der Waals surface area contributed by atoms with E-state index < -0.39 is 10.0 Å². The maximum absolute atomic E-state index is 12.5. The summed E-state index contributed by atoms with van der Waals surface area (Å²) in [7, 11) is -1.87. The van der Waals surface area contributed by atoms with Crippen LogP contribution < -0.4 is 5.32 Å². The molecule has 0 aromatic heterocycles. The van der Waals surface area contributed by atoms with Crippen molar-refractivity contribution in [1.82, 2.24) is 9.62 Å². The number of hydrogen-bond donors (Lipinski definition) is 1. The van der Waals surface area contributed by atoms with Crippen LogP contribution in [0.3, 0.4) is 0 Å². The van der Waals surface area contributed by atoms with E-state index in [1.165, 1.54) is 4.31 Å². The van der Waals surface area contributed by atoms with Gasteiger partial charge in [0.2, 0.25) is 15.9 Å². The summed E-state index contributed by atoms with van der Waals surface area (Å²) in [5.74, 6) is -0.164. The molecule has 7 heteroatoms. The van der Waals surface area contributed by atoms with E-state index in [1.54, 1.807) is 37.4 Å². The number of piperidine rings is 1. The highest BCUT2D eigenvalue weighted by Gasteiger charge is 2.32. The van der Waals surface area contributed by atoms with E-state index in [9.17, 15) is 13.2 Å². The highest BCUT2D eigenvalue weighted by Crippen LogP contribution is 2.23. The predicted octanol–water partition coefficient (Wildman–Crippen LogP) is 1.24. The number of rotatable bonds is 6. The Morgan fingerprint density at radius 2 is 1.91 bits per heavy atom. The molecule has 0 spiro atoms. The molecule has 128 valence electrons. The first-order chi connectivity index (χ1) is 10.9. The zero-order chi connectivity index (χ0) is 16.9. The lowest BCUT2D eigenvalue weighted by atomic mass is 9.97. The lowest BCUT2D eigenvalue weighted by Crippen LogP contribution is -2.45. The number of nitrogens with zero attached hydrogens (tertiary/aromatic N) is 1. The van der Waals surface area contributed by atoms with Crippen LogP contribution in [-0.2, 0) is 19.6 Å². The van der Waals surface area contributed by atoms with Crippen LogP contribution in [0.2, 0.25) is 0 Å². The molecule has 2 rings (SSSR count). The summed E-state index contributed by atoms with van der Waals surface area (Å²) in [5, 5.41) is 2.90. The smallest absolute Gasteiger partial charge is 0.243 e. The fourth-order valence-corrected chi connectivity index (χ4v) is 4.24. The average Bonchev–Trinajstić information content (AvgIpc) is 2.56. The Kier molecular flexibility index (Phi) is 6.15. The van der Waals surface area contributed by atoms with Crippen molar-refractivity contribution in [3.63, 3.8) is 0 Å². The first kappa shape index (κ1) is 17.9. The SMILES string of the molecule is COCC(C)NC(=O)C1CCN(S(=O)(=O)c2ccccc2)CC1. The van der Waals surface area contributed by atoms with Crippen molar-refractivity contribution in [2.24, 2.45) is 5.92 Å². The molecule has 1 aromatic rings. The fraction of sp³-hybridized carbons (Fsp3) is 0.562. The average molecular weight is 340 g/mol. The predicted molar refractivity (Wildman–Crippen MR) is 87.4 cm³/mol. The number of ether oxygens (including phenoxy) is 1. The topological polar surface area (TPSA) is 75.7 Å². The fourth-order valence-electron chi connectivity index (χ4n) is 2.75. The second-order valence-corrected chi connectivity index (χ2v) is 7.79. The molecule has 1 aromatic carbocycles. The summed E-state index contributed by atoms with van der Waals surface area (Å²) in [6.07, 6.45) is 1.08. The van der Waals surface area contributed by atoms with Gasteiger partial charge in [0, 0.05) is 32.2 Å². The van der Waals surface area contributed by atoms with Crippen LogP contribution in [0.1, 0.15) is 19.8 Å². The maximum atomic E-state index is 12.5. The van der Waals surface area contributed by atoms with Gasteiger partial charge in [-0.05, 0) is 31.9 Å². The third-order valence-electron chi connectivity index (χ3n) is 4.01. The first-order valence-corrected chi connectivity index (χ1v) is 9.23. The van der Waals surface area contributed by atoms with Crippen LogP contribution in [0.4, 0.5) is 0 Å². The molecule has 0 bridgehead atoms. The van der Waals surface area contributed by atoms with E-state index in [0.29, 0.717) is 37.4 Å². The molecule has 1 aliphatic heterocycles. The molecule has 1 amide bonds. The van der Waals surface area contributed by atoms with E-state index in [0.717, 1.165) is 0 Å². The van der Waals surface area contributed by atoms with Gasteiger partial charge in [-0.25, -0.2) is 8.42 Å². The van der Waals surface area contributed by atoms with E-state index in [2.05, 4.69) is 5.32 Å². The largest absolute Gasteiger partial charge is 0.383 e. The van der Waals surface area contributed by atoms with Crippen molar-refractivity contribution in [1.29, 1.82) is 0 Å². The minimum absolute atomic E-state index is 0.0219. The zero-order valence-corrected chi connectivity index (χ0v) is 14.4. The van der Waals surface area contributed by atoms with Crippen LogP contribution in [0.5, 0.6) is 0 Å². The van der Waals surface area contributed by atoms with Gasteiger partial charge in [-0.3, -0.25) is 4.79 Å². The number of hydrogen-bond acceptors (Lipinski definition) is 4. The van der Waals surface area contributed by atoms with E-state index in [1.807, 2.05) is 6.92 Å². The highest BCUT2D eigenvalue weighted by molar-refractivity contribution is 7.89. The molecule has 1 atom stereocenters. The lowest BCUT2D eigenvalue weighted by Gasteiger charge is -2.31. The number of benzene rings is 1. The van der Waals surface area contributed by atoms with Gasteiger partial charge < -0.3 is 10.1 Å². The van der Waals surface area contributed by atoms with E-state index >= 15 is 0 Å². The van der Waals surface area contributed by atoms with Crippen LogP contribution in [0, 0.1) is 5.92 Å². The Morgan fingerprint density at radius 1 is 1.30 bits per heavy atom. The number of sulfonamides is 1. The standard InChI is InChI=1S/C16H24N2O4S/c1-13(12-22-2)17-16(19)14-8-10-18(11-9-14)23(20,21)15-6-4-3-5-7-15/h3-7,13-14H,8-12H2,1-2H3,(H,17,19). The van der Waals surface area contributed by atoms with Gasteiger partial charge in [0.15, 0.2) is 0 Å². The molecule has 1 aliphatic rings. The molecule has 0 radical (unpaired) electrons. The summed E-state index contributed by atoms with van der Waals surface area (Å²) in [4.78, 5) is 12.5. The minimum atomic E-state index is -3.46. The van der Waals surface area contributed by atoms with Crippen LogP contribution in [-0.4, -0.2) is 51.5 Å². The van der Waals surface area contributed by atoms with Crippen LogP contribution in [0.25, 0.3) is 0 Å². The quantitative estimate of drug-likeness (QED) is 0.845. The van der Waals surface area contributed by atoms with Gasteiger partial charge >= 0.3 is 0 Å². The third-order valence-corrected chi connectivity index (χ3v) is 5.92. The molecule has 0 aliphatic carbocycles. The molecule has 1 saturated heterocycles. The van der Waals surface area contributed by atoms with Gasteiger partial charge in [0.25, 0.3) is 0 Å². The number of nitrogens with one attached hydrogen (secondary N) is 1. The van der Waals surface area contributed by atoms with E-state index in [-0.39, 0.29) is 17.9 Å². The van der Waals surface area contributed by atoms with Crippen molar-refractivity contribution < 1.29 is 17.9 Å². The number of carbonyl (C=O) groups is 1. The third kappa shape index (κ3) is 4.53. The Bertz CT molecular complexity index is 610. The summed E-state index contributed by atoms with van der Waals surface area (Å²) < 4.78 is 31.5. The maximum Gasteiger partial charge on any atom is 0.243 e. The van der Waals surface area contributed by atoms with Crippen molar-refractivity contribution in [2.75, 3.05) is 26.8 Å².